The van der Waals surface area contributed by atoms with Crippen molar-refractivity contribution in [3.63, 3.8) is 0 Å². The number of likely N-dealkylation sites (tertiary alicyclic amines) is 2. The molecule has 2 aromatic rings. The summed E-state index contributed by atoms with van der Waals surface area (Å²) >= 11 is 0. The number of urea groups is 1. The third kappa shape index (κ3) is 4.81. The predicted octanol–water partition coefficient (Wildman–Crippen LogP) is 3.52. The van der Waals surface area contributed by atoms with E-state index in [1.54, 1.807) is 0 Å². The Morgan fingerprint density at radius 3 is 2.61 bits per heavy atom. The first-order chi connectivity index (χ1) is 15.7. The summed E-state index contributed by atoms with van der Waals surface area (Å²) in [6, 6.07) is 8.32. The van der Waals surface area contributed by atoms with Crippen LogP contribution in [-0.4, -0.2) is 70.6 Å². The first-order valence-electron chi connectivity index (χ1n) is 11.9. The van der Waals surface area contributed by atoms with Crippen LogP contribution in [0.2, 0.25) is 0 Å². The van der Waals surface area contributed by atoms with Gasteiger partial charge in [-0.05, 0) is 17.4 Å². The summed E-state index contributed by atoms with van der Waals surface area (Å²) in [5.41, 5.74) is 2.24. The van der Waals surface area contributed by atoms with Gasteiger partial charge in [0.2, 0.25) is 11.7 Å². The van der Waals surface area contributed by atoms with Crippen LogP contribution < -0.4 is 0 Å². The second kappa shape index (κ2) is 8.56. The molecule has 3 aliphatic heterocycles. The number of ketones is 1. The zero-order valence-corrected chi connectivity index (χ0v) is 19.6. The Hall–Kier alpha value is -2.74. The molecule has 2 amide bonds. The summed E-state index contributed by atoms with van der Waals surface area (Å²) in [7, 11) is 0. The van der Waals surface area contributed by atoms with Crippen molar-refractivity contribution < 1.29 is 18.8 Å². The van der Waals surface area contributed by atoms with E-state index in [4.69, 9.17) is 9.26 Å². The normalized spacial score (nSPS) is 23.9. The first-order valence-corrected chi connectivity index (χ1v) is 11.9. The molecule has 0 radical (unpaired) electrons. The van der Waals surface area contributed by atoms with Crippen LogP contribution in [0.4, 0.5) is 4.79 Å². The van der Waals surface area contributed by atoms with Crippen LogP contribution in [0.15, 0.2) is 28.8 Å². The van der Waals surface area contributed by atoms with E-state index in [9.17, 15) is 9.59 Å². The fourth-order valence-corrected chi connectivity index (χ4v) is 5.00. The van der Waals surface area contributed by atoms with Crippen molar-refractivity contribution in [1.29, 1.82) is 0 Å². The Labute approximate surface area is 194 Å². The lowest BCUT2D eigenvalue weighted by molar-refractivity contribution is -0.140. The average molecular weight is 453 g/mol. The lowest BCUT2D eigenvalue weighted by atomic mass is 9.87. The second-order valence-corrected chi connectivity index (χ2v) is 10.8. The number of Topliss-reactive ketones (excluding diaryl/α,β-unsaturated/α-hetero) is 1. The number of hydrogen-bond acceptors (Lipinski definition) is 6. The molecule has 0 bridgehead atoms. The molecule has 8 nitrogen and oxygen atoms in total. The van der Waals surface area contributed by atoms with E-state index in [1.807, 2.05) is 21.9 Å². The van der Waals surface area contributed by atoms with Gasteiger partial charge in [0, 0.05) is 56.4 Å². The number of carbonyl (C=O) groups excluding carboxylic acids is 2. The van der Waals surface area contributed by atoms with Gasteiger partial charge in [-0.3, -0.25) is 4.79 Å². The van der Waals surface area contributed by atoms with Gasteiger partial charge >= 0.3 is 6.03 Å². The minimum Gasteiger partial charge on any atom is -0.370 e. The van der Waals surface area contributed by atoms with Gasteiger partial charge in [0.25, 0.3) is 0 Å². The molecule has 1 aromatic heterocycles. The van der Waals surface area contributed by atoms with E-state index < -0.39 is 0 Å². The van der Waals surface area contributed by atoms with Gasteiger partial charge in [-0.2, -0.15) is 4.98 Å². The molecule has 4 heterocycles. The van der Waals surface area contributed by atoms with Crippen LogP contribution in [0.3, 0.4) is 0 Å². The fourth-order valence-electron chi connectivity index (χ4n) is 5.00. The number of hydrogen-bond donors (Lipinski definition) is 0. The van der Waals surface area contributed by atoms with E-state index in [-0.39, 0.29) is 35.9 Å². The van der Waals surface area contributed by atoms with Crippen LogP contribution in [-0.2, 0) is 16.0 Å². The first kappa shape index (κ1) is 22.1. The molecule has 5 rings (SSSR count). The van der Waals surface area contributed by atoms with Crippen LogP contribution in [0.5, 0.6) is 0 Å². The number of carbonyl (C=O) groups is 2. The lowest BCUT2D eigenvalue weighted by Crippen LogP contribution is -2.58. The van der Waals surface area contributed by atoms with Gasteiger partial charge in [0.05, 0.1) is 6.10 Å². The summed E-state index contributed by atoms with van der Waals surface area (Å²) < 4.78 is 11.1. The maximum absolute atomic E-state index is 13.0. The van der Waals surface area contributed by atoms with Crippen molar-refractivity contribution in [3.05, 3.63) is 35.7 Å². The van der Waals surface area contributed by atoms with Crippen LogP contribution in [0, 0.1) is 11.3 Å². The van der Waals surface area contributed by atoms with Crippen molar-refractivity contribution in [1.82, 2.24) is 19.9 Å². The third-order valence-electron chi connectivity index (χ3n) is 6.82. The lowest BCUT2D eigenvalue weighted by Gasteiger charge is -2.46. The van der Waals surface area contributed by atoms with Crippen molar-refractivity contribution in [2.75, 3.05) is 32.8 Å². The molecule has 3 fully saturated rings. The highest BCUT2D eigenvalue weighted by Gasteiger charge is 2.40. The quantitative estimate of drug-likeness (QED) is 0.708. The Balaban J connectivity index is 1.15. The molecule has 0 spiro atoms. The molecule has 2 atom stereocenters. The van der Waals surface area contributed by atoms with Crippen LogP contribution in [0.1, 0.15) is 51.0 Å². The molecule has 3 aliphatic rings. The van der Waals surface area contributed by atoms with Crippen molar-refractivity contribution >= 4 is 11.8 Å². The summed E-state index contributed by atoms with van der Waals surface area (Å²) in [4.78, 5) is 33.0. The van der Waals surface area contributed by atoms with E-state index in [0.29, 0.717) is 37.1 Å². The molecular weight excluding hydrogens is 420 g/mol. The average Bonchev–Trinajstić information content (AvgIpc) is 3.19. The molecule has 33 heavy (non-hydrogen) atoms. The number of benzene rings is 1. The van der Waals surface area contributed by atoms with Gasteiger partial charge in [0.15, 0.2) is 5.78 Å². The van der Waals surface area contributed by atoms with Crippen molar-refractivity contribution in [3.8, 4) is 11.4 Å². The van der Waals surface area contributed by atoms with Crippen molar-refractivity contribution in [2.24, 2.45) is 11.3 Å². The summed E-state index contributed by atoms with van der Waals surface area (Å²) in [5, 5.41) is 4.13. The molecule has 0 N–H and O–H groups in total. The molecular formula is C25H32N4O4. The van der Waals surface area contributed by atoms with Crippen LogP contribution in [0.25, 0.3) is 11.4 Å². The monoisotopic (exact) mass is 452 g/mol. The molecule has 1 aromatic carbocycles. The number of rotatable bonds is 3. The maximum atomic E-state index is 13.0. The third-order valence-corrected chi connectivity index (χ3v) is 6.82. The molecule has 8 heteroatoms. The number of fused-ring (bicyclic) bond motifs is 1. The summed E-state index contributed by atoms with van der Waals surface area (Å²) in [6.45, 7) is 9.42. The van der Waals surface area contributed by atoms with E-state index in [1.165, 1.54) is 5.56 Å². The zero-order chi connectivity index (χ0) is 23.2. The van der Waals surface area contributed by atoms with Gasteiger partial charge in [-0.1, -0.05) is 50.2 Å². The van der Waals surface area contributed by atoms with Gasteiger partial charge in [-0.25, -0.2) is 4.79 Å². The smallest absolute Gasteiger partial charge is 0.320 e. The minimum atomic E-state index is 0.0810. The van der Waals surface area contributed by atoms with Crippen LogP contribution >= 0.6 is 0 Å². The largest absolute Gasteiger partial charge is 0.370 e. The standard InChI is InChI=1S/C25H32N4O4/c1-25(2,3)11-22-26-23(27-33-22)17-6-4-16(5-7-17)19-13-29(14-19)24(31)28-9-8-21-18(12-28)10-20(30)15-32-21/h4-7,18-19,21H,8-15H2,1-3H3/t18-,21+/m1/s1. The topological polar surface area (TPSA) is 88.8 Å². The Morgan fingerprint density at radius 2 is 1.88 bits per heavy atom. The van der Waals surface area contributed by atoms with E-state index in [0.717, 1.165) is 31.5 Å². The number of nitrogens with zero attached hydrogens (tertiary/aromatic N) is 4. The molecule has 0 aliphatic carbocycles. The van der Waals surface area contributed by atoms with E-state index >= 15 is 0 Å². The highest BCUT2D eigenvalue weighted by atomic mass is 16.5. The van der Waals surface area contributed by atoms with Gasteiger partial charge < -0.3 is 19.1 Å². The van der Waals surface area contributed by atoms with Gasteiger partial charge in [0.1, 0.15) is 6.61 Å². The molecule has 0 unspecified atom stereocenters. The molecule has 0 saturated carbocycles. The Bertz CT molecular complexity index is 1020. The fraction of sp³-hybridized carbons (Fsp3) is 0.600. The highest BCUT2D eigenvalue weighted by Crippen LogP contribution is 2.32. The van der Waals surface area contributed by atoms with Gasteiger partial charge in [-0.15, -0.1) is 0 Å². The number of ether oxygens (including phenoxy) is 1. The predicted molar refractivity (Wildman–Crippen MR) is 122 cm³/mol. The van der Waals surface area contributed by atoms with Crippen molar-refractivity contribution in [2.45, 2.75) is 52.1 Å². The second-order valence-electron chi connectivity index (χ2n) is 10.8. The summed E-state index contributed by atoms with van der Waals surface area (Å²) in [5.74, 6) is 1.89. The summed E-state index contributed by atoms with van der Waals surface area (Å²) in [6.07, 6.45) is 2.21. The Kier molecular flexibility index (Phi) is 5.72. The maximum Gasteiger partial charge on any atom is 0.320 e. The molecule has 3 saturated heterocycles. The number of aromatic nitrogens is 2. The Morgan fingerprint density at radius 1 is 1.12 bits per heavy atom. The number of amides is 2. The molecule has 176 valence electrons. The number of piperidine rings is 1. The minimum absolute atomic E-state index is 0.0810. The SMILES string of the molecule is CC(C)(C)Cc1nc(-c2ccc(C3CN(C(=O)N4CC[C@@H]5OCC(=O)C[C@@H]5C4)C3)cc2)no1. The van der Waals surface area contributed by atoms with E-state index in [2.05, 4.69) is 43.0 Å². The zero-order valence-electron chi connectivity index (χ0n) is 19.6. The highest BCUT2D eigenvalue weighted by molar-refractivity contribution is 5.81.